The molecule has 102 valence electrons. The van der Waals surface area contributed by atoms with Gasteiger partial charge < -0.3 is 0 Å². The molecule has 1 rings (SSSR count). The minimum absolute atomic E-state index is 0.279. The first-order valence-corrected chi connectivity index (χ1v) is 8.99. The van der Waals surface area contributed by atoms with E-state index in [0.717, 1.165) is 30.2 Å². The predicted molar refractivity (Wildman–Crippen MR) is 81.2 cm³/mol. The van der Waals surface area contributed by atoms with E-state index in [9.17, 15) is 8.42 Å². The quantitative estimate of drug-likeness (QED) is 0.703. The Bertz CT molecular complexity index is 489. The lowest BCUT2D eigenvalue weighted by Crippen LogP contribution is -2.25. The second kappa shape index (κ2) is 7.62. The molecule has 0 aromatic heterocycles. The molecular weight excluding hydrogens is 382 g/mol. The Hall–Kier alpha value is 0.0900. The molecule has 0 spiro atoms. The van der Waals surface area contributed by atoms with Crippen LogP contribution in [0.2, 0.25) is 0 Å². The number of hydrogen-bond donors (Lipinski definition) is 1. The molecule has 18 heavy (non-hydrogen) atoms. The van der Waals surface area contributed by atoms with Crippen LogP contribution in [0.4, 0.5) is 0 Å². The molecule has 3 nitrogen and oxygen atoms in total. The number of unbranched alkanes of at least 4 members (excludes halogenated alkanes) is 3. The lowest BCUT2D eigenvalue weighted by Gasteiger charge is -2.08. The van der Waals surface area contributed by atoms with Gasteiger partial charge in [0.05, 0.1) is 4.90 Å². The molecule has 0 fully saturated rings. The van der Waals surface area contributed by atoms with Gasteiger partial charge >= 0.3 is 0 Å². The summed E-state index contributed by atoms with van der Waals surface area (Å²) in [5.41, 5.74) is 0. The Morgan fingerprint density at radius 3 is 2.50 bits per heavy atom. The van der Waals surface area contributed by atoms with Crippen molar-refractivity contribution in [1.82, 2.24) is 4.72 Å². The van der Waals surface area contributed by atoms with E-state index >= 15 is 0 Å². The van der Waals surface area contributed by atoms with E-state index in [1.807, 2.05) is 0 Å². The fourth-order valence-electron chi connectivity index (χ4n) is 1.53. The van der Waals surface area contributed by atoms with Gasteiger partial charge in [0.25, 0.3) is 0 Å². The van der Waals surface area contributed by atoms with Gasteiger partial charge in [-0.3, -0.25) is 0 Å². The number of rotatable bonds is 7. The second-order valence-corrected chi connectivity index (χ2v) is 7.54. The molecule has 0 heterocycles. The number of benzene rings is 1. The van der Waals surface area contributed by atoms with Crippen LogP contribution >= 0.6 is 31.9 Å². The van der Waals surface area contributed by atoms with Gasteiger partial charge in [-0.25, -0.2) is 13.1 Å². The van der Waals surface area contributed by atoms with Crippen molar-refractivity contribution in [2.24, 2.45) is 0 Å². The van der Waals surface area contributed by atoms with Crippen molar-refractivity contribution in [3.63, 3.8) is 0 Å². The standard InChI is InChI=1S/C12H17Br2NO2S/c1-2-3-4-5-8-15-18(16,17)12-7-6-10(13)9-11(12)14/h6-7,9,15H,2-5,8H2,1H3. The van der Waals surface area contributed by atoms with E-state index < -0.39 is 10.0 Å². The van der Waals surface area contributed by atoms with Crippen molar-refractivity contribution >= 4 is 41.9 Å². The Kier molecular flexibility index (Phi) is 6.84. The molecular formula is C12H17Br2NO2S. The van der Waals surface area contributed by atoms with Crippen LogP contribution in [0.15, 0.2) is 32.0 Å². The average molecular weight is 399 g/mol. The highest BCUT2D eigenvalue weighted by molar-refractivity contribution is 9.11. The first-order chi connectivity index (χ1) is 8.47. The maximum Gasteiger partial charge on any atom is 0.241 e. The van der Waals surface area contributed by atoms with Crippen molar-refractivity contribution < 1.29 is 8.42 Å². The summed E-state index contributed by atoms with van der Waals surface area (Å²) < 4.78 is 28.1. The maximum atomic E-state index is 12.0. The zero-order chi connectivity index (χ0) is 13.6. The third-order valence-electron chi connectivity index (χ3n) is 2.51. The maximum absolute atomic E-state index is 12.0. The summed E-state index contributed by atoms with van der Waals surface area (Å²) in [4.78, 5) is 0.279. The monoisotopic (exact) mass is 397 g/mol. The summed E-state index contributed by atoms with van der Waals surface area (Å²) in [6, 6.07) is 5.03. The lowest BCUT2D eigenvalue weighted by molar-refractivity contribution is 0.573. The van der Waals surface area contributed by atoms with Crippen molar-refractivity contribution in [3.8, 4) is 0 Å². The van der Waals surface area contributed by atoms with Gasteiger partial charge in [0.15, 0.2) is 0 Å². The third-order valence-corrected chi connectivity index (χ3v) is 5.44. The molecule has 0 aliphatic carbocycles. The molecule has 0 bridgehead atoms. The van der Waals surface area contributed by atoms with Crippen molar-refractivity contribution in [1.29, 1.82) is 0 Å². The molecule has 1 N–H and O–H groups in total. The second-order valence-electron chi connectivity index (χ2n) is 4.03. The molecule has 0 aliphatic rings. The van der Waals surface area contributed by atoms with Crippen molar-refractivity contribution in [2.45, 2.75) is 37.5 Å². The van der Waals surface area contributed by atoms with Gasteiger partial charge in [0.2, 0.25) is 10.0 Å². The molecule has 1 aromatic rings. The summed E-state index contributed by atoms with van der Waals surface area (Å²) in [7, 11) is -3.41. The first-order valence-electron chi connectivity index (χ1n) is 5.92. The average Bonchev–Trinajstić information content (AvgIpc) is 2.28. The number of hydrogen-bond acceptors (Lipinski definition) is 2. The van der Waals surface area contributed by atoms with Crippen LogP contribution in [0.1, 0.15) is 32.6 Å². The van der Waals surface area contributed by atoms with E-state index in [0.29, 0.717) is 11.0 Å². The van der Waals surface area contributed by atoms with Crippen LogP contribution in [0.5, 0.6) is 0 Å². The third kappa shape index (κ3) is 4.99. The summed E-state index contributed by atoms with van der Waals surface area (Å²) in [6.07, 6.45) is 4.22. The zero-order valence-corrected chi connectivity index (χ0v) is 14.2. The summed E-state index contributed by atoms with van der Waals surface area (Å²) >= 11 is 6.57. The molecule has 0 aliphatic heterocycles. The molecule has 0 saturated heterocycles. The summed E-state index contributed by atoms with van der Waals surface area (Å²) in [5.74, 6) is 0. The van der Waals surface area contributed by atoms with Gasteiger partial charge in [-0.2, -0.15) is 0 Å². The van der Waals surface area contributed by atoms with Crippen LogP contribution < -0.4 is 4.72 Å². The van der Waals surface area contributed by atoms with E-state index in [-0.39, 0.29) is 4.90 Å². The van der Waals surface area contributed by atoms with Crippen LogP contribution in [0, 0.1) is 0 Å². The Labute approximate surface area is 126 Å². The van der Waals surface area contributed by atoms with Gasteiger partial charge in [-0.05, 0) is 40.5 Å². The molecule has 6 heteroatoms. The highest BCUT2D eigenvalue weighted by Gasteiger charge is 2.16. The zero-order valence-electron chi connectivity index (χ0n) is 10.2. The van der Waals surface area contributed by atoms with E-state index in [2.05, 4.69) is 43.5 Å². The summed E-state index contributed by atoms with van der Waals surface area (Å²) in [6.45, 7) is 2.62. The van der Waals surface area contributed by atoms with E-state index in [1.54, 1.807) is 18.2 Å². The molecule has 0 amide bonds. The fourth-order valence-corrected chi connectivity index (χ4v) is 4.35. The minimum atomic E-state index is -3.41. The number of sulfonamides is 1. The fraction of sp³-hybridized carbons (Fsp3) is 0.500. The normalized spacial score (nSPS) is 11.7. The number of nitrogens with one attached hydrogen (secondary N) is 1. The van der Waals surface area contributed by atoms with Crippen molar-refractivity contribution in [2.75, 3.05) is 6.54 Å². The molecule has 0 radical (unpaired) electrons. The molecule has 0 unspecified atom stereocenters. The highest BCUT2D eigenvalue weighted by atomic mass is 79.9. The summed E-state index contributed by atoms with van der Waals surface area (Å²) in [5, 5.41) is 0. The SMILES string of the molecule is CCCCCCNS(=O)(=O)c1ccc(Br)cc1Br. The first kappa shape index (κ1) is 16.1. The van der Waals surface area contributed by atoms with Gasteiger partial charge in [0.1, 0.15) is 0 Å². The van der Waals surface area contributed by atoms with E-state index in [4.69, 9.17) is 0 Å². The topological polar surface area (TPSA) is 46.2 Å². The van der Waals surface area contributed by atoms with Crippen LogP contribution in [0.3, 0.4) is 0 Å². The predicted octanol–water partition coefficient (Wildman–Crippen LogP) is 4.07. The highest BCUT2D eigenvalue weighted by Crippen LogP contribution is 2.25. The van der Waals surface area contributed by atoms with Crippen molar-refractivity contribution in [3.05, 3.63) is 27.1 Å². The Balaban J connectivity index is 2.63. The van der Waals surface area contributed by atoms with Crippen LogP contribution in [-0.4, -0.2) is 15.0 Å². The minimum Gasteiger partial charge on any atom is -0.211 e. The molecule has 0 saturated carbocycles. The van der Waals surface area contributed by atoms with Gasteiger partial charge in [-0.15, -0.1) is 0 Å². The van der Waals surface area contributed by atoms with Crippen LogP contribution in [-0.2, 0) is 10.0 Å². The smallest absolute Gasteiger partial charge is 0.211 e. The van der Waals surface area contributed by atoms with E-state index in [1.165, 1.54) is 0 Å². The van der Waals surface area contributed by atoms with Gasteiger partial charge in [0, 0.05) is 15.5 Å². The van der Waals surface area contributed by atoms with Gasteiger partial charge in [-0.1, -0.05) is 42.1 Å². The van der Waals surface area contributed by atoms with Crippen LogP contribution in [0.25, 0.3) is 0 Å². The largest absolute Gasteiger partial charge is 0.241 e. The Morgan fingerprint density at radius 1 is 1.17 bits per heavy atom. The lowest BCUT2D eigenvalue weighted by atomic mass is 10.2. The molecule has 0 atom stereocenters. The molecule has 1 aromatic carbocycles. The number of halogens is 2. The Morgan fingerprint density at radius 2 is 1.89 bits per heavy atom.